The molecule has 0 unspecified atom stereocenters. The Hall–Kier alpha value is -2.23. The smallest absolute Gasteiger partial charge is 0.356 e. The molecule has 36 heavy (non-hydrogen) atoms. The van der Waals surface area contributed by atoms with Gasteiger partial charge in [0.25, 0.3) is 6.43 Å². The van der Waals surface area contributed by atoms with E-state index in [0.29, 0.717) is 41.1 Å². The normalized spacial score (nSPS) is 22.1. The van der Waals surface area contributed by atoms with Gasteiger partial charge >= 0.3 is 10.0 Å². The minimum absolute atomic E-state index is 0.0522. The van der Waals surface area contributed by atoms with Crippen molar-refractivity contribution in [3.8, 4) is 10.7 Å². The molecule has 0 spiro atoms. The van der Waals surface area contributed by atoms with Gasteiger partial charge in [-0.25, -0.2) is 30.7 Å². The summed E-state index contributed by atoms with van der Waals surface area (Å²) in [5, 5.41) is 7.16. The molecule has 15 heteroatoms. The first kappa shape index (κ1) is 25.4. The molecule has 2 atom stereocenters. The molecule has 2 fully saturated rings. The maximum absolute atomic E-state index is 13.8. The topological polar surface area (TPSA) is 82.6 Å². The van der Waals surface area contributed by atoms with Crippen LogP contribution in [0.15, 0.2) is 29.3 Å². The summed E-state index contributed by atoms with van der Waals surface area (Å²) in [5.74, 6) is 0. The molecule has 1 aliphatic heterocycles. The Labute approximate surface area is 212 Å². The average Bonchev–Trinajstić information content (AvgIpc) is 3.23. The van der Waals surface area contributed by atoms with Gasteiger partial charge in [0.1, 0.15) is 4.90 Å². The van der Waals surface area contributed by atoms with Crippen LogP contribution in [0.25, 0.3) is 16.2 Å². The lowest BCUT2D eigenvalue weighted by Crippen LogP contribution is -2.56. The molecule has 3 aromatic heterocycles. The number of anilines is 1. The second-order valence-corrected chi connectivity index (χ2v) is 12.6. The highest BCUT2D eigenvalue weighted by molar-refractivity contribution is 7.89. The fourth-order valence-corrected chi connectivity index (χ4v) is 6.85. The van der Waals surface area contributed by atoms with E-state index >= 15 is 0 Å². The summed E-state index contributed by atoms with van der Waals surface area (Å²) in [6.07, 6.45) is 0.0419. The fraction of sp³-hybridized carbons (Fsp3) is 0.524. The van der Waals surface area contributed by atoms with Gasteiger partial charge in [0.15, 0.2) is 35.4 Å². The van der Waals surface area contributed by atoms with E-state index in [4.69, 9.17) is 0 Å². The third-order valence-corrected chi connectivity index (χ3v) is 9.89. The summed E-state index contributed by atoms with van der Waals surface area (Å²) in [5.41, 5.74) is 0.861. The molecule has 0 amide bonds. The van der Waals surface area contributed by atoms with Crippen molar-refractivity contribution in [2.24, 2.45) is 0 Å². The SMILES string of the molecule is CC1(NS(=O)(=O)c2cc(N3C[C@@H](CF)[N+](=[Si])[C@@H](CF)C3)c3ccc(-c4nnc(C(F)F)s4)n3c2)CC1. The zero-order chi connectivity index (χ0) is 25.8. The van der Waals surface area contributed by atoms with E-state index in [1.165, 1.54) is 16.5 Å². The van der Waals surface area contributed by atoms with Gasteiger partial charge < -0.3 is 9.30 Å². The number of pyridine rings is 1. The highest BCUT2D eigenvalue weighted by Gasteiger charge is 2.42. The van der Waals surface area contributed by atoms with E-state index in [-0.39, 0.29) is 23.0 Å². The van der Waals surface area contributed by atoms with Crippen LogP contribution in [0, 0.1) is 0 Å². The third-order valence-electron chi connectivity index (χ3n) is 6.60. The first-order valence-electron chi connectivity index (χ1n) is 11.2. The minimum atomic E-state index is -3.96. The van der Waals surface area contributed by atoms with Crippen LogP contribution in [0.5, 0.6) is 0 Å². The molecule has 1 N–H and O–H groups in total. The molecule has 1 saturated carbocycles. The van der Waals surface area contributed by atoms with E-state index in [2.05, 4.69) is 25.0 Å². The number of halogens is 4. The number of aromatic nitrogens is 3. The Bertz CT molecular complexity index is 1410. The van der Waals surface area contributed by atoms with Crippen molar-refractivity contribution in [2.75, 3.05) is 31.3 Å². The zero-order valence-electron chi connectivity index (χ0n) is 19.2. The van der Waals surface area contributed by atoms with E-state index in [0.717, 1.165) is 0 Å². The molecule has 3 aromatic rings. The maximum Gasteiger partial charge on any atom is 0.503 e. The van der Waals surface area contributed by atoms with Gasteiger partial charge in [-0.1, -0.05) is 11.3 Å². The number of nitrogens with zero attached hydrogens (tertiary/aromatic N) is 5. The number of hydrogen-bond acceptors (Lipinski definition) is 6. The van der Waals surface area contributed by atoms with Gasteiger partial charge in [-0.2, -0.15) is 0 Å². The summed E-state index contributed by atoms with van der Waals surface area (Å²) in [4.78, 5) is 1.70. The largest absolute Gasteiger partial charge is 0.503 e. The van der Waals surface area contributed by atoms with E-state index < -0.39 is 52.4 Å². The van der Waals surface area contributed by atoms with Crippen LogP contribution in [0.2, 0.25) is 0 Å². The molecular weight excluding hydrogens is 536 g/mol. The van der Waals surface area contributed by atoms with Gasteiger partial charge in [-0.3, -0.25) is 4.22 Å². The summed E-state index contributed by atoms with van der Waals surface area (Å²) in [6.45, 7) is 0.687. The Morgan fingerprint density at radius 3 is 2.44 bits per heavy atom. The summed E-state index contributed by atoms with van der Waals surface area (Å²) < 4.78 is 86.2. The molecule has 192 valence electrons. The van der Waals surface area contributed by atoms with Crippen LogP contribution in [0.3, 0.4) is 0 Å². The second kappa shape index (κ2) is 9.26. The number of fused-ring (bicyclic) bond motifs is 1. The average molecular weight is 560 g/mol. The van der Waals surface area contributed by atoms with Crippen LogP contribution >= 0.6 is 11.3 Å². The lowest BCUT2D eigenvalue weighted by atomic mass is 10.1. The summed E-state index contributed by atoms with van der Waals surface area (Å²) in [6, 6.07) is 3.51. The standard InChI is InChI=1S/C21H23F4N6O2S2Si/c1-21(4-5-21)28-35(32,33)14-6-17(29-9-12(7-22)31(36)13(8-23)10-29)15-2-3-16(30(15)11-14)19-26-27-20(34-19)18(24)25/h2-3,6,11-13,18,28H,4-5,7-10H2,1H3/q+1/t12-,13+. The van der Waals surface area contributed by atoms with Crippen molar-refractivity contribution in [3.05, 3.63) is 29.4 Å². The van der Waals surface area contributed by atoms with E-state index in [9.17, 15) is 26.0 Å². The van der Waals surface area contributed by atoms with E-state index in [1.807, 2.05) is 6.92 Å². The second-order valence-electron chi connectivity index (χ2n) is 9.38. The molecule has 1 aliphatic carbocycles. The third kappa shape index (κ3) is 4.61. The number of rotatable bonds is 8. The first-order valence-corrected chi connectivity index (χ1v) is 14.0. The number of sulfonamides is 1. The summed E-state index contributed by atoms with van der Waals surface area (Å²) >= 11 is 0.713. The molecule has 4 heterocycles. The van der Waals surface area contributed by atoms with Crippen LogP contribution < -0.4 is 9.62 Å². The van der Waals surface area contributed by atoms with Gasteiger partial charge in [0.2, 0.25) is 10.0 Å². The molecule has 2 radical (unpaired) electrons. The van der Waals surface area contributed by atoms with Crippen molar-refractivity contribution in [3.63, 3.8) is 0 Å². The van der Waals surface area contributed by atoms with Crippen LogP contribution in [-0.4, -0.2) is 81.3 Å². The predicted molar refractivity (Wildman–Crippen MR) is 127 cm³/mol. The molecule has 8 nitrogen and oxygen atoms in total. The fourth-order valence-electron chi connectivity index (χ4n) is 4.34. The van der Waals surface area contributed by atoms with Crippen molar-refractivity contribution in [1.29, 1.82) is 0 Å². The molecule has 0 bridgehead atoms. The van der Waals surface area contributed by atoms with E-state index in [1.54, 1.807) is 21.4 Å². The number of hydrogen-bond donors (Lipinski definition) is 1. The first-order chi connectivity index (χ1) is 17.0. The Balaban J connectivity index is 1.66. The van der Waals surface area contributed by atoms with Gasteiger partial charge in [-0.05, 0) is 38.0 Å². The van der Waals surface area contributed by atoms with Gasteiger partial charge in [-0.15, -0.1) is 10.2 Å². The molecule has 2 aliphatic rings. The van der Waals surface area contributed by atoms with Crippen molar-refractivity contribution >= 4 is 42.6 Å². The molecule has 0 aromatic carbocycles. The number of piperazine rings is 1. The summed E-state index contributed by atoms with van der Waals surface area (Å²) in [7, 11) is -0.635. The van der Waals surface area contributed by atoms with Crippen molar-refractivity contribution < 1.29 is 30.2 Å². The number of nitrogens with one attached hydrogen (secondary N) is 1. The molecular formula is C21H23F4N6O2S2Si+. The van der Waals surface area contributed by atoms with Crippen LogP contribution in [0.4, 0.5) is 23.2 Å². The monoisotopic (exact) mass is 559 g/mol. The van der Waals surface area contributed by atoms with Crippen molar-refractivity contribution in [1.82, 2.24) is 19.3 Å². The Morgan fingerprint density at radius 2 is 1.89 bits per heavy atom. The van der Waals surface area contributed by atoms with Gasteiger partial charge in [0, 0.05) is 11.7 Å². The van der Waals surface area contributed by atoms with Crippen molar-refractivity contribution in [2.45, 2.75) is 48.7 Å². The van der Waals surface area contributed by atoms with Gasteiger partial charge in [0.05, 0.1) is 30.0 Å². The Morgan fingerprint density at radius 1 is 1.22 bits per heavy atom. The molecule has 1 saturated heterocycles. The number of alkyl halides is 4. The lowest BCUT2D eigenvalue weighted by Gasteiger charge is -2.36. The maximum atomic E-state index is 13.8. The molecule has 5 rings (SSSR count). The highest BCUT2D eigenvalue weighted by Crippen LogP contribution is 2.38. The quantitative estimate of drug-likeness (QED) is 0.339. The lowest BCUT2D eigenvalue weighted by molar-refractivity contribution is -0.590. The van der Waals surface area contributed by atoms with Crippen LogP contribution in [-0.2, 0) is 10.0 Å². The zero-order valence-corrected chi connectivity index (χ0v) is 21.8. The minimum Gasteiger partial charge on any atom is -0.356 e. The predicted octanol–water partition coefficient (Wildman–Crippen LogP) is 3.09. The Kier molecular flexibility index (Phi) is 6.54. The van der Waals surface area contributed by atoms with Crippen LogP contribution in [0.1, 0.15) is 31.2 Å². The highest BCUT2D eigenvalue weighted by atomic mass is 32.2.